The number of rotatable bonds is 6. The number of amides is 1. The zero-order valence-electron chi connectivity index (χ0n) is 11.7. The van der Waals surface area contributed by atoms with Crippen molar-refractivity contribution >= 4 is 11.7 Å². The lowest BCUT2D eigenvalue weighted by Gasteiger charge is -2.14. The van der Waals surface area contributed by atoms with Gasteiger partial charge in [0.05, 0.1) is 0 Å². The Bertz CT molecular complexity index is 551. The zero-order chi connectivity index (χ0) is 14.4. The smallest absolute Gasteiger partial charge is 0.259 e. The van der Waals surface area contributed by atoms with Crippen LogP contribution in [0.25, 0.3) is 0 Å². The fourth-order valence-corrected chi connectivity index (χ4v) is 2.04. The van der Waals surface area contributed by atoms with Crippen LogP contribution in [-0.2, 0) is 16.0 Å². The van der Waals surface area contributed by atoms with Gasteiger partial charge in [0.1, 0.15) is 0 Å². The van der Waals surface area contributed by atoms with Gasteiger partial charge in [-0.05, 0) is 12.0 Å². The molecule has 0 fully saturated rings. The van der Waals surface area contributed by atoms with Gasteiger partial charge in [0.25, 0.3) is 5.91 Å². The molecule has 2 aromatic rings. The molecule has 0 aliphatic rings. The summed E-state index contributed by atoms with van der Waals surface area (Å²) >= 11 is 0. The first-order chi connectivity index (χ1) is 9.74. The van der Waals surface area contributed by atoms with E-state index in [2.05, 4.69) is 22.4 Å². The van der Waals surface area contributed by atoms with E-state index in [0.29, 0.717) is 5.82 Å². The third-order valence-corrected chi connectivity index (χ3v) is 2.98. The normalized spacial score (nSPS) is 12.1. The molecule has 0 radical (unpaired) electrons. The van der Waals surface area contributed by atoms with Crippen molar-refractivity contribution in [3.05, 3.63) is 47.7 Å². The third-order valence-electron chi connectivity index (χ3n) is 2.98. The fraction of sp³-hybridized carbons (Fsp3) is 0.333. The molecule has 2 N–H and O–H groups in total. The standard InChI is InChI=1S/C15H19N3O2/c1-3-7-12-10-13(18-17-12)16-15(19)14(20-2)11-8-5-4-6-9-11/h4-6,8-10,14H,3,7H2,1-2H3,(H2,16,17,18,19). The molecule has 20 heavy (non-hydrogen) atoms. The van der Waals surface area contributed by atoms with Crippen LogP contribution in [0, 0.1) is 0 Å². The van der Waals surface area contributed by atoms with Gasteiger partial charge in [-0.25, -0.2) is 0 Å². The maximum absolute atomic E-state index is 12.2. The predicted molar refractivity (Wildman–Crippen MR) is 77.4 cm³/mol. The molecule has 1 atom stereocenters. The lowest BCUT2D eigenvalue weighted by Crippen LogP contribution is -2.22. The molecule has 0 bridgehead atoms. The van der Waals surface area contributed by atoms with E-state index in [1.165, 1.54) is 7.11 Å². The Morgan fingerprint density at radius 3 is 2.80 bits per heavy atom. The average Bonchev–Trinajstić information content (AvgIpc) is 2.88. The van der Waals surface area contributed by atoms with Crippen LogP contribution in [0.5, 0.6) is 0 Å². The van der Waals surface area contributed by atoms with Crippen molar-refractivity contribution < 1.29 is 9.53 Å². The van der Waals surface area contributed by atoms with Crippen LogP contribution < -0.4 is 5.32 Å². The molecule has 5 nitrogen and oxygen atoms in total. The molecule has 106 valence electrons. The number of hydrogen-bond acceptors (Lipinski definition) is 3. The van der Waals surface area contributed by atoms with E-state index in [9.17, 15) is 4.79 Å². The lowest BCUT2D eigenvalue weighted by atomic mass is 10.1. The van der Waals surface area contributed by atoms with Gasteiger partial charge in [0, 0.05) is 18.9 Å². The van der Waals surface area contributed by atoms with Gasteiger partial charge < -0.3 is 10.1 Å². The molecule has 1 amide bonds. The van der Waals surface area contributed by atoms with Crippen LogP contribution in [0.15, 0.2) is 36.4 Å². The molecule has 1 aromatic heterocycles. The number of nitrogens with one attached hydrogen (secondary N) is 2. The largest absolute Gasteiger partial charge is 0.367 e. The van der Waals surface area contributed by atoms with E-state index in [1.807, 2.05) is 36.4 Å². The second-order valence-electron chi connectivity index (χ2n) is 4.54. The van der Waals surface area contributed by atoms with Gasteiger partial charge in [-0.3, -0.25) is 9.89 Å². The second kappa shape index (κ2) is 6.86. The van der Waals surface area contributed by atoms with Crippen molar-refractivity contribution in [3.63, 3.8) is 0 Å². The number of H-pyrrole nitrogens is 1. The highest BCUT2D eigenvalue weighted by Gasteiger charge is 2.20. The van der Waals surface area contributed by atoms with E-state index < -0.39 is 6.10 Å². The van der Waals surface area contributed by atoms with Crippen LogP contribution in [0.2, 0.25) is 0 Å². The molecule has 0 spiro atoms. The molecule has 0 aliphatic carbocycles. The van der Waals surface area contributed by atoms with Crippen LogP contribution in [0.4, 0.5) is 5.82 Å². The molecule has 0 saturated carbocycles. The Hall–Kier alpha value is -2.14. The number of benzene rings is 1. The van der Waals surface area contributed by atoms with Crippen LogP contribution >= 0.6 is 0 Å². The van der Waals surface area contributed by atoms with Crippen LogP contribution in [-0.4, -0.2) is 23.2 Å². The highest BCUT2D eigenvalue weighted by Crippen LogP contribution is 2.18. The number of carbonyl (C=O) groups is 1. The number of aryl methyl sites for hydroxylation is 1. The Labute approximate surface area is 118 Å². The molecule has 1 heterocycles. The van der Waals surface area contributed by atoms with Gasteiger partial charge in [0.15, 0.2) is 11.9 Å². The molecule has 5 heteroatoms. The summed E-state index contributed by atoms with van der Waals surface area (Å²) in [5.74, 6) is 0.296. The highest BCUT2D eigenvalue weighted by atomic mass is 16.5. The highest BCUT2D eigenvalue weighted by molar-refractivity contribution is 5.94. The number of aromatic nitrogens is 2. The fourth-order valence-electron chi connectivity index (χ4n) is 2.04. The van der Waals surface area contributed by atoms with Gasteiger partial charge in [-0.1, -0.05) is 43.7 Å². The first-order valence-corrected chi connectivity index (χ1v) is 6.67. The molecule has 1 unspecified atom stereocenters. The number of methoxy groups -OCH3 is 1. The first-order valence-electron chi connectivity index (χ1n) is 6.67. The van der Waals surface area contributed by atoms with Crippen molar-refractivity contribution in [3.8, 4) is 0 Å². The average molecular weight is 273 g/mol. The first kappa shape index (κ1) is 14.3. The molecule has 0 saturated heterocycles. The number of carbonyl (C=O) groups excluding carboxylic acids is 1. The maximum Gasteiger partial charge on any atom is 0.259 e. The molecule has 2 rings (SSSR count). The molecular formula is C15H19N3O2. The summed E-state index contributed by atoms with van der Waals surface area (Å²) in [6, 6.07) is 11.2. The SMILES string of the molecule is CCCc1cc(NC(=O)C(OC)c2ccccc2)n[nH]1. The van der Waals surface area contributed by atoms with E-state index in [0.717, 1.165) is 24.1 Å². The quantitative estimate of drug-likeness (QED) is 0.850. The molecular weight excluding hydrogens is 254 g/mol. The minimum Gasteiger partial charge on any atom is -0.367 e. The van der Waals surface area contributed by atoms with Gasteiger partial charge in [0.2, 0.25) is 0 Å². The van der Waals surface area contributed by atoms with Crippen molar-refractivity contribution in [2.24, 2.45) is 0 Å². The molecule has 0 aliphatic heterocycles. The summed E-state index contributed by atoms with van der Waals surface area (Å²) in [4.78, 5) is 12.2. The Kier molecular flexibility index (Phi) is 4.90. The maximum atomic E-state index is 12.2. The number of nitrogens with zero attached hydrogens (tertiary/aromatic N) is 1. The van der Waals surface area contributed by atoms with Gasteiger partial charge in [-0.15, -0.1) is 0 Å². The van der Waals surface area contributed by atoms with Gasteiger partial charge >= 0.3 is 0 Å². The summed E-state index contributed by atoms with van der Waals surface area (Å²) in [5, 5.41) is 9.74. The predicted octanol–water partition coefficient (Wildman–Crippen LogP) is 2.69. The van der Waals surface area contributed by atoms with Crippen molar-refractivity contribution in [2.45, 2.75) is 25.9 Å². The Balaban J connectivity index is 2.05. The number of aromatic amines is 1. The zero-order valence-corrected chi connectivity index (χ0v) is 11.7. The molecule has 1 aromatic carbocycles. The van der Waals surface area contributed by atoms with Crippen molar-refractivity contribution in [2.75, 3.05) is 12.4 Å². The van der Waals surface area contributed by atoms with Crippen LogP contribution in [0.1, 0.15) is 30.7 Å². The lowest BCUT2D eigenvalue weighted by molar-refractivity contribution is -0.126. The number of anilines is 1. The van der Waals surface area contributed by atoms with E-state index in [1.54, 1.807) is 0 Å². The number of hydrogen-bond donors (Lipinski definition) is 2. The minimum atomic E-state index is -0.637. The second-order valence-corrected chi connectivity index (χ2v) is 4.54. The van der Waals surface area contributed by atoms with E-state index >= 15 is 0 Å². The summed E-state index contributed by atoms with van der Waals surface area (Å²) in [5.41, 5.74) is 1.83. The Morgan fingerprint density at radius 2 is 2.15 bits per heavy atom. The summed E-state index contributed by atoms with van der Waals surface area (Å²) in [7, 11) is 1.52. The minimum absolute atomic E-state index is 0.228. The van der Waals surface area contributed by atoms with E-state index in [4.69, 9.17) is 4.74 Å². The monoisotopic (exact) mass is 273 g/mol. The Morgan fingerprint density at radius 1 is 1.40 bits per heavy atom. The number of ether oxygens (including phenoxy) is 1. The summed E-state index contributed by atoms with van der Waals surface area (Å²) < 4.78 is 5.27. The third kappa shape index (κ3) is 3.45. The van der Waals surface area contributed by atoms with E-state index in [-0.39, 0.29) is 5.91 Å². The summed E-state index contributed by atoms with van der Waals surface area (Å²) in [6.07, 6.45) is 1.30. The van der Waals surface area contributed by atoms with Gasteiger partial charge in [-0.2, -0.15) is 5.10 Å². The summed E-state index contributed by atoms with van der Waals surface area (Å²) in [6.45, 7) is 2.09. The van der Waals surface area contributed by atoms with Crippen molar-refractivity contribution in [1.29, 1.82) is 0 Å². The van der Waals surface area contributed by atoms with Crippen LogP contribution in [0.3, 0.4) is 0 Å². The van der Waals surface area contributed by atoms with Crippen molar-refractivity contribution in [1.82, 2.24) is 10.2 Å². The topological polar surface area (TPSA) is 67.0 Å².